The third kappa shape index (κ3) is 2.56. The van der Waals surface area contributed by atoms with Crippen molar-refractivity contribution in [2.24, 2.45) is 5.92 Å². The van der Waals surface area contributed by atoms with E-state index in [1.807, 2.05) is 18.3 Å². The summed E-state index contributed by atoms with van der Waals surface area (Å²) in [5.41, 5.74) is 2.41. The molecule has 3 N–H and O–H groups in total. The van der Waals surface area contributed by atoms with Crippen LogP contribution in [-0.4, -0.2) is 30.0 Å². The third-order valence-electron chi connectivity index (χ3n) is 4.18. The van der Waals surface area contributed by atoms with E-state index in [4.69, 9.17) is 0 Å². The molecule has 106 valence electrons. The van der Waals surface area contributed by atoms with Crippen LogP contribution in [0, 0.1) is 5.92 Å². The van der Waals surface area contributed by atoms with E-state index < -0.39 is 0 Å². The Balaban J connectivity index is 1.56. The zero-order chi connectivity index (χ0) is 13.9. The summed E-state index contributed by atoms with van der Waals surface area (Å²) in [5, 5.41) is 7.55. The number of rotatable bonds is 4. The Labute approximate surface area is 118 Å². The number of H-pyrrole nitrogens is 1. The van der Waals surface area contributed by atoms with Crippen molar-refractivity contribution in [1.29, 1.82) is 0 Å². The first-order valence-corrected chi connectivity index (χ1v) is 7.32. The van der Waals surface area contributed by atoms with Crippen LogP contribution in [0.15, 0.2) is 30.5 Å². The summed E-state index contributed by atoms with van der Waals surface area (Å²) in [4.78, 5) is 15.3. The fourth-order valence-corrected chi connectivity index (χ4v) is 2.95. The van der Waals surface area contributed by atoms with Gasteiger partial charge in [-0.2, -0.15) is 0 Å². The van der Waals surface area contributed by atoms with E-state index >= 15 is 0 Å². The second-order valence-electron chi connectivity index (χ2n) is 5.60. The second kappa shape index (κ2) is 5.67. The molecule has 2 unspecified atom stereocenters. The molecular formula is C16H21N3O. The Morgan fingerprint density at radius 2 is 2.25 bits per heavy atom. The monoisotopic (exact) mass is 271 g/mol. The number of aromatic nitrogens is 1. The van der Waals surface area contributed by atoms with Gasteiger partial charge in [-0.1, -0.05) is 25.1 Å². The average Bonchev–Trinajstić information content (AvgIpc) is 3.05. The quantitative estimate of drug-likeness (QED) is 0.794. The molecule has 1 saturated heterocycles. The fraction of sp³-hybridized carbons (Fsp3) is 0.438. The molecule has 2 aromatic rings. The van der Waals surface area contributed by atoms with E-state index in [9.17, 15) is 4.79 Å². The van der Waals surface area contributed by atoms with E-state index in [0.29, 0.717) is 12.5 Å². The van der Waals surface area contributed by atoms with Gasteiger partial charge in [0.1, 0.15) is 0 Å². The molecule has 3 rings (SSSR count). The summed E-state index contributed by atoms with van der Waals surface area (Å²) in [7, 11) is 0. The number of carbonyl (C=O) groups excluding carboxylic acids is 1. The maximum atomic E-state index is 12.1. The highest BCUT2D eigenvalue weighted by Crippen LogP contribution is 2.18. The van der Waals surface area contributed by atoms with Crippen molar-refractivity contribution >= 4 is 16.8 Å². The molecule has 1 aliphatic rings. The second-order valence-corrected chi connectivity index (χ2v) is 5.60. The Morgan fingerprint density at radius 1 is 1.40 bits per heavy atom. The first-order chi connectivity index (χ1) is 9.75. The van der Waals surface area contributed by atoms with Crippen molar-refractivity contribution in [3.8, 4) is 0 Å². The molecule has 1 aliphatic heterocycles. The minimum absolute atomic E-state index is 0.0158. The highest BCUT2D eigenvalue weighted by molar-refractivity contribution is 5.84. The Morgan fingerprint density at radius 3 is 3.05 bits per heavy atom. The standard InChI is InChI=1S/C16H21N3O/c1-11-6-8-17-15(11)16(20)18-9-7-12-10-19-14-5-3-2-4-13(12)14/h2-5,10-11,15,17,19H,6-9H2,1H3,(H,18,20). The number of carbonyl (C=O) groups is 1. The average molecular weight is 271 g/mol. The van der Waals surface area contributed by atoms with Gasteiger partial charge in [-0.25, -0.2) is 0 Å². The number of nitrogens with one attached hydrogen (secondary N) is 3. The maximum Gasteiger partial charge on any atom is 0.237 e. The van der Waals surface area contributed by atoms with E-state index in [2.05, 4.69) is 34.7 Å². The predicted molar refractivity (Wildman–Crippen MR) is 80.6 cm³/mol. The van der Waals surface area contributed by atoms with Crippen molar-refractivity contribution in [2.45, 2.75) is 25.8 Å². The number of aromatic amines is 1. The number of fused-ring (bicyclic) bond motifs is 1. The molecular weight excluding hydrogens is 250 g/mol. The van der Waals surface area contributed by atoms with Gasteiger partial charge in [0.05, 0.1) is 6.04 Å². The smallest absolute Gasteiger partial charge is 0.237 e. The number of hydrogen-bond donors (Lipinski definition) is 3. The SMILES string of the molecule is CC1CCNC1C(=O)NCCc1c[nH]c2ccccc12. The van der Waals surface area contributed by atoms with Gasteiger partial charge in [-0.3, -0.25) is 4.79 Å². The van der Waals surface area contributed by atoms with Crippen LogP contribution in [0.5, 0.6) is 0 Å². The number of amides is 1. The highest BCUT2D eigenvalue weighted by Gasteiger charge is 2.28. The van der Waals surface area contributed by atoms with E-state index in [1.165, 1.54) is 10.9 Å². The molecule has 2 atom stereocenters. The van der Waals surface area contributed by atoms with E-state index in [1.54, 1.807) is 0 Å². The third-order valence-corrected chi connectivity index (χ3v) is 4.18. The molecule has 1 aromatic heterocycles. The van der Waals surface area contributed by atoms with Crippen LogP contribution < -0.4 is 10.6 Å². The molecule has 0 saturated carbocycles. The van der Waals surface area contributed by atoms with Crippen LogP contribution in [0.25, 0.3) is 10.9 Å². The fourth-order valence-electron chi connectivity index (χ4n) is 2.95. The van der Waals surface area contributed by atoms with Gasteiger partial charge in [0, 0.05) is 23.6 Å². The van der Waals surface area contributed by atoms with Crippen molar-refractivity contribution in [2.75, 3.05) is 13.1 Å². The lowest BCUT2D eigenvalue weighted by atomic mass is 10.0. The van der Waals surface area contributed by atoms with Gasteiger partial charge in [-0.05, 0) is 36.9 Å². The van der Waals surface area contributed by atoms with E-state index in [-0.39, 0.29) is 11.9 Å². The summed E-state index contributed by atoms with van der Waals surface area (Å²) >= 11 is 0. The lowest BCUT2D eigenvalue weighted by Crippen LogP contribution is -2.43. The summed E-state index contributed by atoms with van der Waals surface area (Å²) in [5.74, 6) is 0.568. The summed E-state index contributed by atoms with van der Waals surface area (Å²) in [6, 6.07) is 8.24. The van der Waals surface area contributed by atoms with Gasteiger partial charge < -0.3 is 15.6 Å². The molecule has 0 bridgehead atoms. The van der Waals surface area contributed by atoms with Gasteiger partial charge in [0.2, 0.25) is 5.91 Å². The van der Waals surface area contributed by atoms with Crippen molar-refractivity contribution in [3.63, 3.8) is 0 Å². The maximum absolute atomic E-state index is 12.1. The molecule has 1 amide bonds. The minimum atomic E-state index is -0.0158. The molecule has 1 fully saturated rings. The summed E-state index contributed by atoms with van der Waals surface area (Å²) in [6.45, 7) is 3.76. The Kier molecular flexibility index (Phi) is 3.74. The molecule has 4 heteroatoms. The van der Waals surface area contributed by atoms with Crippen molar-refractivity contribution < 1.29 is 4.79 Å². The topological polar surface area (TPSA) is 56.9 Å². The normalized spacial score (nSPS) is 22.2. The zero-order valence-electron chi connectivity index (χ0n) is 11.8. The van der Waals surface area contributed by atoms with Crippen LogP contribution in [-0.2, 0) is 11.2 Å². The van der Waals surface area contributed by atoms with Crippen molar-refractivity contribution in [3.05, 3.63) is 36.0 Å². The van der Waals surface area contributed by atoms with Crippen LogP contribution in [0.3, 0.4) is 0 Å². The lowest BCUT2D eigenvalue weighted by Gasteiger charge is -2.15. The van der Waals surface area contributed by atoms with E-state index in [0.717, 1.165) is 24.9 Å². The number of benzene rings is 1. The Hall–Kier alpha value is -1.81. The largest absolute Gasteiger partial charge is 0.361 e. The Bertz CT molecular complexity index is 605. The summed E-state index contributed by atoms with van der Waals surface area (Å²) in [6.07, 6.45) is 3.98. The van der Waals surface area contributed by atoms with Crippen LogP contribution >= 0.6 is 0 Å². The highest BCUT2D eigenvalue weighted by atomic mass is 16.2. The van der Waals surface area contributed by atoms with Gasteiger partial charge in [0.15, 0.2) is 0 Å². The van der Waals surface area contributed by atoms with Gasteiger partial charge in [-0.15, -0.1) is 0 Å². The first kappa shape index (κ1) is 13.2. The lowest BCUT2D eigenvalue weighted by molar-refractivity contribution is -0.123. The molecule has 4 nitrogen and oxygen atoms in total. The molecule has 0 spiro atoms. The van der Waals surface area contributed by atoms with Crippen LogP contribution in [0.4, 0.5) is 0 Å². The van der Waals surface area contributed by atoms with Crippen LogP contribution in [0.2, 0.25) is 0 Å². The van der Waals surface area contributed by atoms with Crippen LogP contribution in [0.1, 0.15) is 18.9 Å². The minimum Gasteiger partial charge on any atom is -0.361 e. The van der Waals surface area contributed by atoms with Crippen molar-refractivity contribution in [1.82, 2.24) is 15.6 Å². The zero-order valence-corrected chi connectivity index (χ0v) is 11.8. The van der Waals surface area contributed by atoms with Gasteiger partial charge >= 0.3 is 0 Å². The number of para-hydroxylation sites is 1. The number of hydrogen-bond acceptors (Lipinski definition) is 2. The molecule has 20 heavy (non-hydrogen) atoms. The predicted octanol–water partition coefficient (Wildman–Crippen LogP) is 1.82. The summed E-state index contributed by atoms with van der Waals surface area (Å²) < 4.78 is 0. The van der Waals surface area contributed by atoms with Gasteiger partial charge in [0.25, 0.3) is 0 Å². The molecule has 0 radical (unpaired) electrons. The first-order valence-electron chi connectivity index (χ1n) is 7.32. The molecule has 2 heterocycles. The molecule has 1 aromatic carbocycles. The molecule has 0 aliphatic carbocycles.